The number of halogens is 2. The van der Waals surface area contributed by atoms with Crippen molar-refractivity contribution in [1.29, 1.82) is 0 Å². The largest absolute Gasteiger partial charge is 0.497 e. The Morgan fingerprint density at radius 1 is 1.02 bits per heavy atom. The van der Waals surface area contributed by atoms with Gasteiger partial charge in [0.25, 0.3) is 5.91 Å². The predicted octanol–water partition coefficient (Wildman–Crippen LogP) is 6.32. The lowest BCUT2D eigenvalue weighted by Crippen LogP contribution is -2.39. The summed E-state index contributed by atoms with van der Waals surface area (Å²) in [4.78, 5) is 20.5. The van der Waals surface area contributed by atoms with Gasteiger partial charge in [0.2, 0.25) is 5.88 Å². The first-order valence-electron chi connectivity index (χ1n) is 13.9. The average molecular weight is 572 g/mol. The number of methoxy groups -OCH3 is 1. The minimum absolute atomic E-state index is 0.0506. The van der Waals surface area contributed by atoms with E-state index < -0.39 is 6.17 Å². The third-order valence-corrected chi connectivity index (χ3v) is 7.86. The maximum absolute atomic E-state index is 14.1. The van der Waals surface area contributed by atoms with Crippen molar-refractivity contribution in [3.63, 3.8) is 0 Å². The van der Waals surface area contributed by atoms with Gasteiger partial charge in [0, 0.05) is 43.3 Å². The molecule has 1 saturated heterocycles. The number of pyridine rings is 1. The molecule has 42 heavy (non-hydrogen) atoms. The lowest BCUT2D eigenvalue weighted by Gasteiger charge is -2.29. The fraction of sp³-hybridized carbons (Fsp3) is 0.273. The second kappa shape index (κ2) is 11.3. The van der Waals surface area contributed by atoms with Crippen LogP contribution in [-0.4, -0.2) is 51.8 Å². The van der Waals surface area contributed by atoms with Crippen molar-refractivity contribution in [2.75, 3.05) is 20.2 Å². The molecule has 6 rings (SSSR count). The molecule has 0 saturated carbocycles. The molecular formula is C33H31F2N3O4. The number of benzene rings is 3. The number of hydrogen-bond acceptors (Lipinski definition) is 5. The summed E-state index contributed by atoms with van der Waals surface area (Å²) in [5, 5.41) is 12.7. The second-order valence-electron chi connectivity index (χ2n) is 10.7. The SMILES string of the molecule is COc1ccc(COc2c3ncc(Cc4ccc(F)cc4)cc3c(C(=O)N3CCC(F)CC3)c3cn(C)c(O)c23)cc1. The molecule has 1 aliphatic rings. The minimum Gasteiger partial charge on any atom is -0.497 e. The fourth-order valence-electron chi connectivity index (χ4n) is 5.56. The van der Waals surface area contributed by atoms with E-state index in [2.05, 4.69) is 0 Å². The highest BCUT2D eigenvalue weighted by molar-refractivity contribution is 6.21. The smallest absolute Gasteiger partial charge is 0.255 e. The van der Waals surface area contributed by atoms with Crippen LogP contribution in [0.4, 0.5) is 8.78 Å². The molecule has 0 spiro atoms. The summed E-state index contributed by atoms with van der Waals surface area (Å²) in [6, 6.07) is 15.6. The third-order valence-electron chi connectivity index (χ3n) is 7.86. The van der Waals surface area contributed by atoms with Gasteiger partial charge in [0.15, 0.2) is 5.75 Å². The number of hydrogen-bond donors (Lipinski definition) is 1. The number of aromatic hydroxyl groups is 1. The topological polar surface area (TPSA) is 76.8 Å². The molecule has 9 heteroatoms. The quantitative estimate of drug-likeness (QED) is 0.247. The van der Waals surface area contributed by atoms with Gasteiger partial charge >= 0.3 is 0 Å². The molecule has 2 aromatic heterocycles. The number of piperidine rings is 1. The van der Waals surface area contributed by atoms with E-state index in [9.17, 15) is 18.7 Å². The molecule has 3 aromatic carbocycles. The van der Waals surface area contributed by atoms with Crippen LogP contribution >= 0.6 is 0 Å². The molecule has 0 radical (unpaired) electrons. The number of likely N-dealkylation sites (tertiary alicyclic amines) is 1. The Hall–Kier alpha value is -4.66. The molecule has 5 aromatic rings. The molecule has 216 valence electrons. The van der Waals surface area contributed by atoms with Crippen molar-refractivity contribution in [3.05, 3.63) is 95.1 Å². The molecule has 1 N–H and O–H groups in total. The highest BCUT2D eigenvalue weighted by Crippen LogP contribution is 2.44. The molecule has 1 aliphatic heterocycles. The molecule has 0 atom stereocenters. The van der Waals surface area contributed by atoms with Crippen LogP contribution in [0.5, 0.6) is 17.4 Å². The second-order valence-corrected chi connectivity index (χ2v) is 10.7. The predicted molar refractivity (Wildman–Crippen MR) is 156 cm³/mol. The first-order chi connectivity index (χ1) is 20.3. The Bertz CT molecular complexity index is 1760. The number of aryl methyl sites for hydroxylation is 1. The Balaban J connectivity index is 1.51. The van der Waals surface area contributed by atoms with Crippen molar-refractivity contribution in [3.8, 4) is 17.4 Å². The van der Waals surface area contributed by atoms with Crippen LogP contribution in [0.25, 0.3) is 21.7 Å². The average Bonchev–Trinajstić information content (AvgIpc) is 3.29. The van der Waals surface area contributed by atoms with Crippen LogP contribution in [-0.2, 0) is 20.1 Å². The maximum Gasteiger partial charge on any atom is 0.255 e. The van der Waals surface area contributed by atoms with Crippen LogP contribution in [0.1, 0.15) is 39.9 Å². The van der Waals surface area contributed by atoms with Crippen molar-refractivity contribution >= 4 is 27.6 Å². The van der Waals surface area contributed by atoms with Gasteiger partial charge in [-0.3, -0.25) is 9.78 Å². The number of alkyl halides is 1. The van der Waals surface area contributed by atoms with E-state index in [1.54, 1.807) is 48.2 Å². The van der Waals surface area contributed by atoms with Gasteiger partial charge in [-0.15, -0.1) is 0 Å². The van der Waals surface area contributed by atoms with Crippen molar-refractivity contribution in [1.82, 2.24) is 14.5 Å². The summed E-state index contributed by atoms with van der Waals surface area (Å²) in [7, 11) is 3.30. The van der Waals surface area contributed by atoms with Crippen LogP contribution in [0.2, 0.25) is 0 Å². The summed E-state index contributed by atoms with van der Waals surface area (Å²) in [6.07, 6.45) is 3.54. The zero-order valence-corrected chi connectivity index (χ0v) is 23.4. The lowest BCUT2D eigenvalue weighted by molar-refractivity contribution is 0.0671. The molecule has 0 unspecified atom stereocenters. The number of amides is 1. The van der Waals surface area contributed by atoms with Gasteiger partial charge in [-0.05, 0) is 66.3 Å². The Morgan fingerprint density at radius 3 is 2.40 bits per heavy atom. The first-order valence-corrected chi connectivity index (χ1v) is 13.9. The number of nitrogens with zero attached hydrogens (tertiary/aromatic N) is 3. The summed E-state index contributed by atoms with van der Waals surface area (Å²) >= 11 is 0. The molecule has 1 fully saturated rings. The number of fused-ring (bicyclic) bond motifs is 2. The first kappa shape index (κ1) is 27.5. The molecule has 0 bridgehead atoms. The number of ether oxygens (including phenoxy) is 2. The summed E-state index contributed by atoms with van der Waals surface area (Å²) in [6.45, 7) is 0.805. The van der Waals surface area contributed by atoms with Gasteiger partial charge in [-0.1, -0.05) is 24.3 Å². The summed E-state index contributed by atoms with van der Waals surface area (Å²) in [5.41, 5.74) is 3.42. The lowest BCUT2D eigenvalue weighted by atomic mass is 9.96. The Morgan fingerprint density at radius 2 is 1.71 bits per heavy atom. The summed E-state index contributed by atoms with van der Waals surface area (Å²) in [5.74, 6) is 0.476. The minimum atomic E-state index is -0.927. The van der Waals surface area contributed by atoms with Crippen molar-refractivity contribution < 1.29 is 28.2 Å². The van der Waals surface area contributed by atoms with Crippen LogP contribution in [0, 0.1) is 5.82 Å². The molecular weight excluding hydrogens is 540 g/mol. The Kier molecular flexibility index (Phi) is 7.41. The number of carbonyl (C=O) groups is 1. The summed E-state index contributed by atoms with van der Waals surface area (Å²) < 4.78 is 40.6. The zero-order chi connectivity index (χ0) is 29.4. The van der Waals surface area contributed by atoms with Crippen LogP contribution < -0.4 is 9.47 Å². The van der Waals surface area contributed by atoms with E-state index in [4.69, 9.17) is 14.5 Å². The van der Waals surface area contributed by atoms with Crippen molar-refractivity contribution in [2.24, 2.45) is 7.05 Å². The van der Waals surface area contributed by atoms with Crippen LogP contribution in [0.3, 0.4) is 0 Å². The highest BCUT2D eigenvalue weighted by Gasteiger charge is 2.30. The normalized spacial score (nSPS) is 14.0. The molecule has 0 aliphatic carbocycles. The standard InChI is InChI=1S/C33H31F2N3O4/c1-37-18-27-28(33(40)38-13-11-24(35)12-14-38)26-16-22(15-20-3-7-23(34)8-4-20)17-36-30(26)31(29(27)32(37)39)42-19-21-5-9-25(41-2)10-6-21/h3-10,16-18,24,39H,11-15,19H2,1-2H3. The maximum atomic E-state index is 14.1. The van der Waals surface area contributed by atoms with E-state index in [1.165, 1.54) is 12.1 Å². The monoisotopic (exact) mass is 571 g/mol. The molecule has 3 heterocycles. The van der Waals surface area contributed by atoms with Gasteiger partial charge in [-0.25, -0.2) is 8.78 Å². The van der Waals surface area contributed by atoms with E-state index >= 15 is 0 Å². The number of carbonyl (C=O) groups excluding carboxylic acids is 1. The molecule has 7 nitrogen and oxygen atoms in total. The number of rotatable bonds is 7. The van der Waals surface area contributed by atoms with Gasteiger partial charge in [-0.2, -0.15) is 0 Å². The van der Waals surface area contributed by atoms with Gasteiger partial charge in [0.1, 0.15) is 29.9 Å². The van der Waals surface area contributed by atoms with E-state index in [0.717, 1.165) is 22.4 Å². The van der Waals surface area contributed by atoms with E-state index in [1.807, 2.05) is 30.3 Å². The molecule has 1 amide bonds. The van der Waals surface area contributed by atoms with Crippen LogP contribution in [0.15, 0.2) is 67.0 Å². The van der Waals surface area contributed by atoms with E-state index in [-0.39, 0.29) is 37.1 Å². The fourth-order valence-corrected chi connectivity index (χ4v) is 5.56. The zero-order valence-electron chi connectivity index (χ0n) is 23.4. The third kappa shape index (κ3) is 5.22. The number of aromatic nitrogens is 2. The van der Waals surface area contributed by atoms with Gasteiger partial charge < -0.3 is 24.0 Å². The van der Waals surface area contributed by atoms with Crippen molar-refractivity contribution in [2.45, 2.75) is 32.0 Å². The van der Waals surface area contributed by atoms with E-state index in [0.29, 0.717) is 52.5 Å². The highest BCUT2D eigenvalue weighted by atomic mass is 19.1. The Labute approximate surface area is 241 Å². The van der Waals surface area contributed by atoms with Gasteiger partial charge in [0.05, 0.1) is 18.1 Å².